The van der Waals surface area contributed by atoms with Crippen molar-refractivity contribution in [1.29, 1.82) is 0 Å². The Bertz CT molecular complexity index is 370. The van der Waals surface area contributed by atoms with Crippen molar-refractivity contribution in [2.45, 2.75) is 43.8 Å². The second kappa shape index (κ2) is 5.98. The number of sulfonamides is 1. The van der Waals surface area contributed by atoms with Gasteiger partial charge in [0.2, 0.25) is 10.0 Å². The van der Waals surface area contributed by atoms with Gasteiger partial charge in [-0.25, -0.2) is 13.1 Å². The van der Waals surface area contributed by atoms with Crippen LogP contribution in [0.5, 0.6) is 0 Å². The first kappa shape index (κ1) is 13.1. The summed E-state index contributed by atoms with van der Waals surface area (Å²) in [5, 5.41) is 2.90. The minimum Gasteiger partial charge on any atom is -0.315 e. The second-order valence-corrected chi connectivity index (χ2v) is 6.96. The molecule has 1 unspecified atom stereocenters. The average molecular weight is 258 g/mol. The van der Waals surface area contributed by atoms with E-state index in [0.29, 0.717) is 13.1 Å². The molecule has 1 aliphatic carbocycles. The molecule has 1 atom stereocenters. The molecular weight excluding hydrogens is 236 g/mol. The van der Waals surface area contributed by atoms with Gasteiger partial charge in [0.1, 0.15) is 0 Å². The van der Waals surface area contributed by atoms with Crippen LogP contribution >= 0.6 is 0 Å². The highest BCUT2D eigenvalue weighted by Crippen LogP contribution is 2.20. The summed E-state index contributed by atoms with van der Waals surface area (Å²) in [5.74, 6) is 0. The zero-order valence-corrected chi connectivity index (χ0v) is 11.1. The number of rotatable bonds is 5. The van der Waals surface area contributed by atoms with Crippen molar-refractivity contribution in [3.05, 3.63) is 11.6 Å². The summed E-state index contributed by atoms with van der Waals surface area (Å²) in [6.07, 6.45) is 8.40. The maximum atomic E-state index is 12.0. The maximum Gasteiger partial charge on any atom is 0.215 e. The second-order valence-electron chi connectivity index (χ2n) is 4.91. The molecule has 5 heteroatoms. The van der Waals surface area contributed by atoms with E-state index < -0.39 is 10.0 Å². The molecule has 98 valence electrons. The fourth-order valence-corrected chi connectivity index (χ4v) is 3.96. The lowest BCUT2D eigenvalue weighted by molar-refractivity contribution is 0.490. The molecule has 17 heavy (non-hydrogen) atoms. The number of hydrogen-bond acceptors (Lipinski definition) is 3. The van der Waals surface area contributed by atoms with Gasteiger partial charge in [-0.3, -0.25) is 0 Å². The third-order valence-corrected chi connectivity index (χ3v) is 5.46. The molecule has 0 radical (unpaired) electrons. The minimum absolute atomic E-state index is 0.242. The number of piperidine rings is 1. The average Bonchev–Trinajstić information content (AvgIpc) is 2.83. The molecule has 4 nitrogen and oxygen atoms in total. The molecule has 1 fully saturated rings. The highest BCUT2D eigenvalue weighted by Gasteiger charge is 2.26. The number of allylic oxidation sites excluding steroid dienone is 1. The Hall–Kier alpha value is -0.390. The Kier molecular flexibility index (Phi) is 4.59. The lowest BCUT2D eigenvalue weighted by Crippen LogP contribution is -2.44. The summed E-state index contributed by atoms with van der Waals surface area (Å²) in [7, 11) is -3.11. The summed E-state index contributed by atoms with van der Waals surface area (Å²) in [6, 6.07) is 0. The van der Waals surface area contributed by atoms with E-state index in [1.54, 1.807) is 0 Å². The van der Waals surface area contributed by atoms with E-state index in [2.05, 4.69) is 16.1 Å². The zero-order chi connectivity index (χ0) is 12.1. The first-order chi connectivity index (χ1) is 8.18. The van der Waals surface area contributed by atoms with Crippen molar-refractivity contribution >= 4 is 10.0 Å². The van der Waals surface area contributed by atoms with E-state index >= 15 is 0 Å². The molecule has 2 aliphatic rings. The van der Waals surface area contributed by atoms with Gasteiger partial charge in [0.25, 0.3) is 0 Å². The van der Waals surface area contributed by atoms with Gasteiger partial charge in [0, 0.05) is 13.1 Å². The molecular formula is C12H22N2O2S. The van der Waals surface area contributed by atoms with Crippen molar-refractivity contribution in [2.75, 3.05) is 19.6 Å². The van der Waals surface area contributed by atoms with Crippen LogP contribution in [-0.2, 0) is 10.0 Å². The molecule has 2 rings (SSSR count). The van der Waals surface area contributed by atoms with Gasteiger partial charge >= 0.3 is 0 Å². The van der Waals surface area contributed by atoms with Crippen LogP contribution in [0.1, 0.15) is 38.5 Å². The topological polar surface area (TPSA) is 58.2 Å². The third kappa shape index (κ3) is 3.79. The highest BCUT2D eigenvalue weighted by molar-refractivity contribution is 7.90. The van der Waals surface area contributed by atoms with Gasteiger partial charge in [0.05, 0.1) is 5.25 Å². The zero-order valence-electron chi connectivity index (χ0n) is 10.2. The first-order valence-electron chi connectivity index (χ1n) is 6.55. The predicted molar refractivity (Wildman–Crippen MR) is 69.4 cm³/mol. The van der Waals surface area contributed by atoms with E-state index in [0.717, 1.165) is 38.6 Å². The summed E-state index contributed by atoms with van der Waals surface area (Å²) in [6.45, 7) is 2.10. The van der Waals surface area contributed by atoms with Crippen LogP contribution in [0.4, 0.5) is 0 Å². The molecule has 0 aromatic carbocycles. The molecule has 0 spiro atoms. The molecule has 0 bridgehead atoms. The van der Waals surface area contributed by atoms with Gasteiger partial charge in [-0.1, -0.05) is 11.6 Å². The number of nitrogens with one attached hydrogen (secondary N) is 2. The first-order valence-corrected chi connectivity index (χ1v) is 8.10. The lowest BCUT2D eigenvalue weighted by atomic mass is 10.2. The standard InChI is InChI=1S/C12H22N2O2S/c15-17(16,12-6-3-8-13-10-12)14-9-7-11-4-1-2-5-11/h4,12-14H,1-3,5-10H2. The molecule has 2 N–H and O–H groups in total. The van der Waals surface area contributed by atoms with Crippen molar-refractivity contribution in [1.82, 2.24) is 10.0 Å². The van der Waals surface area contributed by atoms with Crippen LogP contribution in [0.15, 0.2) is 11.6 Å². The Morgan fingerprint density at radius 3 is 2.94 bits per heavy atom. The van der Waals surface area contributed by atoms with Gasteiger partial charge in [-0.15, -0.1) is 0 Å². The van der Waals surface area contributed by atoms with Crippen molar-refractivity contribution < 1.29 is 8.42 Å². The van der Waals surface area contributed by atoms with Crippen molar-refractivity contribution in [3.63, 3.8) is 0 Å². The monoisotopic (exact) mass is 258 g/mol. The fraction of sp³-hybridized carbons (Fsp3) is 0.833. The van der Waals surface area contributed by atoms with Crippen LogP contribution in [0.25, 0.3) is 0 Å². The summed E-state index contributed by atoms with van der Waals surface area (Å²) < 4.78 is 26.7. The van der Waals surface area contributed by atoms with Gasteiger partial charge < -0.3 is 5.32 Å². The Labute approximate surface area is 104 Å². The van der Waals surface area contributed by atoms with Crippen molar-refractivity contribution in [2.24, 2.45) is 0 Å². The normalized spacial score (nSPS) is 25.9. The molecule has 1 heterocycles. The fourth-order valence-electron chi connectivity index (χ4n) is 2.52. The summed E-state index contributed by atoms with van der Waals surface area (Å²) in [4.78, 5) is 0. The Balaban J connectivity index is 1.76. The lowest BCUT2D eigenvalue weighted by Gasteiger charge is -2.23. The highest BCUT2D eigenvalue weighted by atomic mass is 32.2. The molecule has 0 amide bonds. The molecule has 1 aliphatic heterocycles. The molecule has 1 saturated heterocycles. The molecule has 0 aromatic rings. The Morgan fingerprint density at radius 1 is 1.41 bits per heavy atom. The quantitative estimate of drug-likeness (QED) is 0.728. The van der Waals surface area contributed by atoms with Gasteiger partial charge in [-0.05, 0) is 45.1 Å². The number of hydrogen-bond donors (Lipinski definition) is 2. The van der Waals surface area contributed by atoms with Crippen LogP contribution in [0.3, 0.4) is 0 Å². The van der Waals surface area contributed by atoms with E-state index in [1.165, 1.54) is 12.0 Å². The summed E-state index contributed by atoms with van der Waals surface area (Å²) in [5.41, 5.74) is 1.41. The molecule has 0 saturated carbocycles. The van der Waals surface area contributed by atoms with Gasteiger partial charge in [0.15, 0.2) is 0 Å². The van der Waals surface area contributed by atoms with Crippen LogP contribution in [0, 0.1) is 0 Å². The van der Waals surface area contributed by atoms with E-state index in [9.17, 15) is 8.42 Å². The largest absolute Gasteiger partial charge is 0.315 e. The Morgan fingerprint density at radius 2 is 2.29 bits per heavy atom. The smallest absolute Gasteiger partial charge is 0.215 e. The molecule has 0 aromatic heterocycles. The van der Waals surface area contributed by atoms with E-state index in [-0.39, 0.29) is 5.25 Å². The van der Waals surface area contributed by atoms with Crippen LogP contribution in [-0.4, -0.2) is 33.3 Å². The SMILES string of the molecule is O=S(=O)(NCCC1=CCCC1)C1CCCNC1. The predicted octanol–water partition coefficient (Wildman–Crippen LogP) is 1.16. The van der Waals surface area contributed by atoms with E-state index in [4.69, 9.17) is 0 Å². The summed E-state index contributed by atoms with van der Waals surface area (Å²) >= 11 is 0. The van der Waals surface area contributed by atoms with Crippen molar-refractivity contribution in [3.8, 4) is 0 Å². The third-order valence-electron chi connectivity index (χ3n) is 3.57. The van der Waals surface area contributed by atoms with Crippen LogP contribution in [0.2, 0.25) is 0 Å². The van der Waals surface area contributed by atoms with Crippen LogP contribution < -0.4 is 10.0 Å². The minimum atomic E-state index is -3.11. The maximum absolute atomic E-state index is 12.0. The van der Waals surface area contributed by atoms with Gasteiger partial charge in [-0.2, -0.15) is 0 Å². The van der Waals surface area contributed by atoms with E-state index in [1.807, 2.05) is 0 Å².